The summed E-state index contributed by atoms with van der Waals surface area (Å²) in [5.74, 6) is 0.813. The van der Waals surface area contributed by atoms with Crippen LogP contribution in [0.15, 0.2) is 42.5 Å². The van der Waals surface area contributed by atoms with E-state index in [0.29, 0.717) is 5.75 Å². The lowest BCUT2D eigenvalue weighted by Crippen LogP contribution is -2.04. The van der Waals surface area contributed by atoms with Gasteiger partial charge in [-0.15, -0.1) is 0 Å². The number of carbonyl (C=O) groups is 1. The Kier molecular flexibility index (Phi) is 3.26. The van der Waals surface area contributed by atoms with Crippen LogP contribution in [-0.2, 0) is 12.8 Å². The molecule has 2 aromatic carbocycles. The number of halogens is 1. The molecule has 0 aromatic heterocycles. The molecule has 0 aliphatic heterocycles. The molecule has 3 heteroatoms. The maximum absolute atomic E-state index is 12.5. The van der Waals surface area contributed by atoms with Crippen molar-refractivity contribution >= 4 is 17.4 Å². The summed E-state index contributed by atoms with van der Waals surface area (Å²) in [6.45, 7) is 0. The number of aryl methyl sites for hydroxylation is 2. The Balaban J connectivity index is 2.07. The average Bonchev–Trinajstić information content (AvgIpc) is 2.58. The zero-order chi connectivity index (χ0) is 13.2. The number of hydrogen-bond acceptors (Lipinski definition) is 2. The predicted octanol–water partition coefficient (Wildman–Crippen LogP) is 3.59. The normalized spacial score (nSPS) is 13.4. The molecule has 0 heterocycles. The SMILES string of the molecule is O=C1c2ccccc2CCc2cc(OCCl)ccc21. The van der Waals surface area contributed by atoms with Crippen LogP contribution in [0.3, 0.4) is 0 Å². The van der Waals surface area contributed by atoms with Crippen molar-refractivity contribution in [3.63, 3.8) is 0 Å². The number of hydrogen-bond donors (Lipinski definition) is 0. The molecule has 0 atom stereocenters. The van der Waals surface area contributed by atoms with Crippen molar-refractivity contribution in [3.05, 3.63) is 64.7 Å². The third-order valence-corrected chi connectivity index (χ3v) is 3.58. The van der Waals surface area contributed by atoms with Gasteiger partial charge in [0.25, 0.3) is 0 Å². The van der Waals surface area contributed by atoms with Crippen molar-refractivity contribution in [2.45, 2.75) is 12.8 Å². The van der Waals surface area contributed by atoms with Crippen molar-refractivity contribution in [2.24, 2.45) is 0 Å². The van der Waals surface area contributed by atoms with Gasteiger partial charge in [-0.1, -0.05) is 35.9 Å². The number of rotatable bonds is 2. The summed E-state index contributed by atoms with van der Waals surface area (Å²) in [7, 11) is 0. The highest BCUT2D eigenvalue weighted by atomic mass is 35.5. The summed E-state index contributed by atoms with van der Waals surface area (Å²) in [5, 5.41) is 0. The van der Waals surface area contributed by atoms with E-state index in [1.54, 1.807) is 6.07 Å². The van der Waals surface area contributed by atoms with Crippen LogP contribution in [0.1, 0.15) is 27.0 Å². The van der Waals surface area contributed by atoms with Crippen molar-refractivity contribution in [2.75, 3.05) is 6.07 Å². The zero-order valence-corrected chi connectivity index (χ0v) is 11.1. The number of fused-ring (bicyclic) bond motifs is 2. The lowest BCUT2D eigenvalue weighted by atomic mass is 9.99. The van der Waals surface area contributed by atoms with Crippen molar-refractivity contribution in [3.8, 4) is 5.75 Å². The highest BCUT2D eigenvalue weighted by molar-refractivity contribution is 6.17. The first kappa shape index (κ1) is 12.2. The molecule has 19 heavy (non-hydrogen) atoms. The Morgan fingerprint density at radius 1 is 1.00 bits per heavy atom. The fourth-order valence-corrected chi connectivity index (χ4v) is 2.65. The smallest absolute Gasteiger partial charge is 0.193 e. The lowest BCUT2D eigenvalue weighted by molar-refractivity contribution is 0.103. The number of ether oxygens (including phenoxy) is 1. The maximum Gasteiger partial charge on any atom is 0.193 e. The molecule has 2 nitrogen and oxygen atoms in total. The van der Waals surface area contributed by atoms with E-state index >= 15 is 0 Å². The lowest BCUT2D eigenvalue weighted by Gasteiger charge is -2.08. The fraction of sp³-hybridized carbons (Fsp3) is 0.188. The first-order valence-electron chi connectivity index (χ1n) is 6.24. The van der Waals surface area contributed by atoms with Crippen LogP contribution in [0.4, 0.5) is 0 Å². The van der Waals surface area contributed by atoms with E-state index in [-0.39, 0.29) is 11.8 Å². The summed E-state index contributed by atoms with van der Waals surface area (Å²) < 4.78 is 5.28. The Hall–Kier alpha value is -1.80. The summed E-state index contributed by atoms with van der Waals surface area (Å²) in [4.78, 5) is 12.5. The molecule has 0 bridgehead atoms. The second kappa shape index (κ2) is 5.06. The van der Waals surface area contributed by atoms with Gasteiger partial charge >= 0.3 is 0 Å². The second-order valence-electron chi connectivity index (χ2n) is 4.56. The Labute approximate surface area is 117 Å². The molecule has 96 valence electrons. The van der Waals surface area contributed by atoms with Crippen molar-refractivity contribution in [1.29, 1.82) is 0 Å². The van der Waals surface area contributed by atoms with Gasteiger partial charge in [-0.05, 0) is 42.2 Å². The van der Waals surface area contributed by atoms with E-state index in [9.17, 15) is 4.79 Å². The predicted molar refractivity (Wildman–Crippen MR) is 75.1 cm³/mol. The van der Waals surface area contributed by atoms with Crippen LogP contribution in [0, 0.1) is 0 Å². The van der Waals surface area contributed by atoms with E-state index in [1.807, 2.05) is 36.4 Å². The van der Waals surface area contributed by atoms with Crippen LogP contribution in [-0.4, -0.2) is 11.8 Å². The monoisotopic (exact) mass is 272 g/mol. The summed E-state index contributed by atoms with van der Waals surface area (Å²) in [6.07, 6.45) is 1.72. The van der Waals surface area contributed by atoms with Crippen molar-refractivity contribution < 1.29 is 9.53 Å². The summed E-state index contributed by atoms with van der Waals surface area (Å²) in [5.41, 5.74) is 3.73. The molecule has 0 N–H and O–H groups in total. The highest BCUT2D eigenvalue weighted by Crippen LogP contribution is 2.27. The van der Waals surface area contributed by atoms with Gasteiger partial charge in [-0.2, -0.15) is 0 Å². The van der Waals surface area contributed by atoms with E-state index < -0.39 is 0 Å². The van der Waals surface area contributed by atoms with Crippen LogP contribution in [0.2, 0.25) is 0 Å². The standard InChI is InChI=1S/C16H13ClO2/c17-10-19-13-7-8-15-12(9-13)6-5-11-3-1-2-4-14(11)16(15)18/h1-4,7-9H,5-6,10H2. The molecule has 0 unspecified atom stereocenters. The highest BCUT2D eigenvalue weighted by Gasteiger charge is 2.20. The molecular weight excluding hydrogens is 260 g/mol. The maximum atomic E-state index is 12.5. The molecule has 0 fully saturated rings. The molecule has 0 radical (unpaired) electrons. The molecule has 0 saturated heterocycles. The molecule has 2 aromatic rings. The minimum atomic E-state index is 0.0977. The first-order chi connectivity index (χ1) is 9.29. The molecule has 1 aliphatic rings. The molecule has 0 saturated carbocycles. The third kappa shape index (κ3) is 2.24. The van der Waals surface area contributed by atoms with Crippen LogP contribution in [0.5, 0.6) is 5.75 Å². The second-order valence-corrected chi connectivity index (χ2v) is 4.78. The Morgan fingerprint density at radius 3 is 2.58 bits per heavy atom. The number of ketones is 1. The molecular formula is C16H13ClO2. The van der Waals surface area contributed by atoms with Gasteiger partial charge in [-0.25, -0.2) is 0 Å². The summed E-state index contributed by atoms with van der Waals surface area (Å²) >= 11 is 5.56. The Bertz CT molecular complexity index is 634. The van der Waals surface area contributed by atoms with Crippen LogP contribution >= 0.6 is 11.6 Å². The topological polar surface area (TPSA) is 26.3 Å². The average molecular weight is 273 g/mol. The van der Waals surface area contributed by atoms with Gasteiger partial charge in [0.1, 0.15) is 5.75 Å². The molecule has 0 amide bonds. The Morgan fingerprint density at radius 2 is 1.74 bits per heavy atom. The minimum absolute atomic E-state index is 0.0977. The fourth-order valence-electron chi connectivity index (χ4n) is 2.53. The van der Waals surface area contributed by atoms with Gasteiger partial charge in [0, 0.05) is 11.1 Å². The van der Waals surface area contributed by atoms with Crippen LogP contribution < -0.4 is 4.74 Å². The number of benzene rings is 2. The zero-order valence-electron chi connectivity index (χ0n) is 10.4. The number of carbonyl (C=O) groups excluding carboxylic acids is 1. The first-order valence-corrected chi connectivity index (χ1v) is 6.77. The van der Waals surface area contributed by atoms with Crippen LogP contribution in [0.25, 0.3) is 0 Å². The van der Waals surface area contributed by atoms with E-state index in [2.05, 4.69) is 0 Å². The van der Waals surface area contributed by atoms with Gasteiger partial charge in [0.15, 0.2) is 11.8 Å². The van der Waals surface area contributed by atoms with Gasteiger partial charge in [0.05, 0.1) is 0 Å². The largest absolute Gasteiger partial charge is 0.478 e. The molecule has 0 spiro atoms. The minimum Gasteiger partial charge on any atom is -0.478 e. The van der Waals surface area contributed by atoms with Gasteiger partial charge in [-0.3, -0.25) is 4.79 Å². The third-order valence-electron chi connectivity index (χ3n) is 3.47. The van der Waals surface area contributed by atoms with E-state index in [0.717, 1.165) is 35.1 Å². The van der Waals surface area contributed by atoms with E-state index in [4.69, 9.17) is 16.3 Å². The van der Waals surface area contributed by atoms with Gasteiger partial charge in [0.2, 0.25) is 0 Å². The molecule has 1 aliphatic carbocycles. The van der Waals surface area contributed by atoms with Crippen molar-refractivity contribution in [1.82, 2.24) is 0 Å². The summed E-state index contributed by atoms with van der Waals surface area (Å²) in [6, 6.07) is 13.5. The van der Waals surface area contributed by atoms with E-state index in [1.165, 1.54) is 0 Å². The quantitative estimate of drug-likeness (QED) is 0.781. The molecule has 3 rings (SSSR count). The van der Waals surface area contributed by atoms with Gasteiger partial charge < -0.3 is 4.74 Å². The number of alkyl halides is 1.